The molecule has 1 aromatic heterocycles. The molecule has 3 rings (SSSR count). The van der Waals surface area contributed by atoms with Gasteiger partial charge in [-0.05, 0) is 44.1 Å². The maximum Gasteiger partial charge on any atom is 0.225 e. The van der Waals surface area contributed by atoms with Crippen LogP contribution in [-0.4, -0.2) is 33.9 Å². The molecule has 2 aliphatic rings. The van der Waals surface area contributed by atoms with E-state index in [1.807, 2.05) is 0 Å². The lowest BCUT2D eigenvalue weighted by Gasteiger charge is -2.32. The smallest absolute Gasteiger partial charge is 0.225 e. The lowest BCUT2D eigenvalue weighted by atomic mass is 9.88. The number of piperidine rings is 1. The van der Waals surface area contributed by atoms with Crippen molar-refractivity contribution in [3.05, 3.63) is 23.8 Å². The third-order valence-electron chi connectivity index (χ3n) is 4.84. The Labute approximate surface area is 133 Å². The van der Waals surface area contributed by atoms with E-state index in [0.717, 1.165) is 56.6 Å². The molecule has 0 spiro atoms. The third-order valence-corrected chi connectivity index (χ3v) is 4.84. The Morgan fingerprint density at radius 3 is 2.45 bits per heavy atom. The van der Waals surface area contributed by atoms with E-state index in [4.69, 9.17) is 0 Å². The quantitative estimate of drug-likeness (QED) is 0.862. The molecular weight excluding hydrogens is 274 g/mol. The average Bonchev–Trinajstić information content (AvgIpc) is 3.31. The molecule has 1 saturated carbocycles. The zero-order chi connectivity index (χ0) is 15.7. The predicted octanol–water partition coefficient (Wildman–Crippen LogP) is 2.97. The van der Waals surface area contributed by atoms with Crippen molar-refractivity contribution in [3.63, 3.8) is 0 Å². The summed E-state index contributed by atoms with van der Waals surface area (Å²) in [6, 6.07) is 2.15. The second kappa shape index (κ2) is 5.98. The van der Waals surface area contributed by atoms with Crippen molar-refractivity contribution in [2.24, 2.45) is 11.8 Å². The largest absolute Gasteiger partial charge is 0.342 e. The van der Waals surface area contributed by atoms with E-state index >= 15 is 0 Å². The number of hydrogen-bond acceptors (Lipinski definition) is 3. The second-order valence-electron chi connectivity index (χ2n) is 7.89. The monoisotopic (exact) mass is 301 g/mol. The van der Waals surface area contributed by atoms with Gasteiger partial charge in [-0.15, -0.1) is 0 Å². The van der Waals surface area contributed by atoms with Gasteiger partial charge < -0.3 is 4.90 Å². The third kappa shape index (κ3) is 3.65. The van der Waals surface area contributed by atoms with Crippen LogP contribution < -0.4 is 0 Å². The Hall–Kier alpha value is -1.45. The highest BCUT2D eigenvalue weighted by molar-refractivity contribution is 5.81. The molecule has 0 radical (unpaired) electrons. The number of carbonyl (C=O) groups excluding carboxylic acids is 1. The minimum absolute atomic E-state index is 0.0672. The maximum atomic E-state index is 12.1. The van der Waals surface area contributed by atoms with Crippen molar-refractivity contribution >= 4 is 5.91 Å². The number of nitrogens with zero attached hydrogens (tertiary/aromatic N) is 3. The van der Waals surface area contributed by atoms with E-state index in [1.54, 1.807) is 6.33 Å². The summed E-state index contributed by atoms with van der Waals surface area (Å²) in [4.78, 5) is 23.0. The number of rotatable bonds is 3. The SMILES string of the molecule is CC(C)(C)c1cc(CC2CCN(C(=O)C3CC3)CC2)ncn1. The maximum absolute atomic E-state index is 12.1. The van der Waals surface area contributed by atoms with Gasteiger partial charge in [0.15, 0.2) is 0 Å². The van der Waals surface area contributed by atoms with Crippen LogP contribution in [0.25, 0.3) is 0 Å². The number of carbonyl (C=O) groups is 1. The fourth-order valence-corrected chi connectivity index (χ4v) is 3.16. The first-order valence-electron chi connectivity index (χ1n) is 8.53. The highest BCUT2D eigenvalue weighted by Crippen LogP contribution is 2.33. The predicted molar refractivity (Wildman–Crippen MR) is 86.5 cm³/mol. The summed E-state index contributed by atoms with van der Waals surface area (Å²) >= 11 is 0. The Morgan fingerprint density at radius 1 is 1.18 bits per heavy atom. The summed E-state index contributed by atoms with van der Waals surface area (Å²) in [5, 5.41) is 0. The van der Waals surface area contributed by atoms with Gasteiger partial charge >= 0.3 is 0 Å². The molecule has 1 aliphatic carbocycles. The van der Waals surface area contributed by atoms with Crippen LogP contribution in [0.4, 0.5) is 0 Å². The van der Waals surface area contributed by atoms with Crippen molar-refractivity contribution < 1.29 is 4.79 Å². The Morgan fingerprint density at radius 2 is 1.86 bits per heavy atom. The first kappa shape index (κ1) is 15.4. The molecule has 120 valence electrons. The van der Waals surface area contributed by atoms with E-state index in [2.05, 4.69) is 41.7 Å². The Balaban J connectivity index is 1.55. The normalized spacial score (nSPS) is 20.2. The van der Waals surface area contributed by atoms with Gasteiger partial charge in [0.25, 0.3) is 0 Å². The van der Waals surface area contributed by atoms with Crippen molar-refractivity contribution in [2.75, 3.05) is 13.1 Å². The molecule has 0 bridgehead atoms. The summed E-state index contributed by atoms with van der Waals surface area (Å²) in [6.45, 7) is 8.40. The van der Waals surface area contributed by atoms with Crippen molar-refractivity contribution in [1.82, 2.24) is 14.9 Å². The summed E-state index contributed by atoms with van der Waals surface area (Å²) in [7, 11) is 0. The summed E-state index contributed by atoms with van der Waals surface area (Å²) in [6.07, 6.45) is 7.13. The average molecular weight is 301 g/mol. The molecule has 1 aliphatic heterocycles. The van der Waals surface area contributed by atoms with E-state index in [1.165, 1.54) is 0 Å². The fourth-order valence-electron chi connectivity index (χ4n) is 3.16. The van der Waals surface area contributed by atoms with Crippen molar-refractivity contribution in [2.45, 2.75) is 58.3 Å². The van der Waals surface area contributed by atoms with Gasteiger partial charge in [-0.1, -0.05) is 20.8 Å². The lowest BCUT2D eigenvalue weighted by molar-refractivity contribution is -0.133. The highest BCUT2D eigenvalue weighted by atomic mass is 16.2. The van der Waals surface area contributed by atoms with Gasteiger partial charge in [0.2, 0.25) is 5.91 Å². The van der Waals surface area contributed by atoms with Crippen molar-refractivity contribution in [3.8, 4) is 0 Å². The minimum Gasteiger partial charge on any atom is -0.342 e. The topological polar surface area (TPSA) is 46.1 Å². The number of hydrogen-bond donors (Lipinski definition) is 0. The molecular formula is C18H27N3O. The van der Waals surface area contributed by atoms with Crippen molar-refractivity contribution in [1.29, 1.82) is 0 Å². The molecule has 0 atom stereocenters. The van der Waals surface area contributed by atoms with E-state index in [9.17, 15) is 4.79 Å². The molecule has 22 heavy (non-hydrogen) atoms. The van der Waals surface area contributed by atoms with Gasteiger partial charge in [0, 0.05) is 35.8 Å². The summed E-state index contributed by atoms with van der Waals surface area (Å²) < 4.78 is 0. The minimum atomic E-state index is 0.0672. The zero-order valence-electron chi connectivity index (χ0n) is 14.0. The molecule has 0 aromatic carbocycles. The van der Waals surface area contributed by atoms with Gasteiger partial charge in [0.1, 0.15) is 6.33 Å². The van der Waals surface area contributed by atoms with Crippen LogP contribution in [0.2, 0.25) is 0 Å². The first-order chi connectivity index (χ1) is 10.4. The molecule has 0 N–H and O–H groups in total. The van der Waals surface area contributed by atoms with E-state index in [0.29, 0.717) is 17.7 Å². The summed E-state index contributed by atoms with van der Waals surface area (Å²) in [5.74, 6) is 1.40. The number of aromatic nitrogens is 2. The van der Waals surface area contributed by atoms with E-state index < -0.39 is 0 Å². The van der Waals surface area contributed by atoms with Gasteiger partial charge in [-0.3, -0.25) is 4.79 Å². The van der Waals surface area contributed by atoms with E-state index in [-0.39, 0.29) is 5.41 Å². The molecule has 4 heteroatoms. The Kier molecular flexibility index (Phi) is 4.20. The van der Waals surface area contributed by atoms with Gasteiger partial charge in [-0.25, -0.2) is 9.97 Å². The summed E-state index contributed by atoms with van der Waals surface area (Å²) in [5.41, 5.74) is 2.32. The lowest BCUT2D eigenvalue weighted by Crippen LogP contribution is -2.39. The molecule has 4 nitrogen and oxygen atoms in total. The van der Waals surface area contributed by atoms with Crippen LogP contribution in [0.15, 0.2) is 12.4 Å². The first-order valence-corrected chi connectivity index (χ1v) is 8.53. The van der Waals surface area contributed by atoms with Gasteiger partial charge in [-0.2, -0.15) is 0 Å². The highest BCUT2D eigenvalue weighted by Gasteiger charge is 2.34. The molecule has 1 aromatic rings. The number of amides is 1. The zero-order valence-corrected chi connectivity index (χ0v) is 14.0. The molecule has 2 fully saturated rings. The molecule has 1 saturated heterocycles. The Bertz CT molecular complexity index is 538. The van der Waals surface area contributed by atoms with Crippen LogP contribution in [0.1, 0.15) is 57.8 Å². The van der Waals surface area contributed by atoms with Gasteiger partial charge in [0.05, 0.1) is 0 Å². The molecule has 2 heterocycles. The van der Waals surface area contributed by atoms with Crippen LogP contribution >= 0.6 is 0 Å². The number of likely N-dealkylation sites (tertiary alicyclic amines) is 1. The van der Waals surface area contributed by atoms with Crippen LogP contribution in [0.5, 0.6) is 0 Å². The standard InChI is InChI=1S/C18H27N3O/c1-18(2,3)16-11-15(19-12-20-16)10-13-6-8-21(9-7-13)17(22)14-4-5-14/h11-14H,4-10H2,1-3H3. The van der Waals surface area contributed by atoms with Crippen LogP contribution in [0, 0.1) is 11.8 Å². The molecule has 0 unspecified atom stereocenters. The second-order valence-corrected chi connectivity index (χ2v) is 7.89. The van der Waals surface area contributed by atoms with Crippen LogP contribution in [-0.2, 0) is 16.6 Å². The van der Waals surface area contributed by atoms with Crippen LogP contribution in [0.3, 0.4) is 0 Å². The molecule has 1 amide bonds. The fraction of sp³-hybridized carbons (Fsp3) is 0.722.